The van der Waals surface area contributed by atoms with Crippen molar-refractivity contribution in [1.82, 2.24) is 19.5 Å². The van der Waals surface area contributed by atoms with Crippen molar-refractivity contribution in [1.29, 1.82) is 0 Å². The number of pyridine rings is 1. The molecule has 2 atom stereocenters. The predicted molar refractivity (Wildman–Crippen MR) is 156 cm³/mol. The Hall–Kier alpha value is -2.75. The van der Waals surface area contributed by atoms with Crippen molar-refractivity contribution < 1.29 is 10.2 Å². The number of aromatic nitrogens is 4. The van der Waals surface area contributed by atoms with Gasteiger partial charge in [-0.15, -0.1) is 0 Å². The highest BCUT2D eigenvalue weighted by Crippen LogP contribution is 2.39. The van der Waals surface area contributed by atoms with Crippen LogP contribution in [-0.4, -0.2) is 41.1 Å². The molecule has 0 aliphatic heterocycles. The number of aromatic amines is 1. The molecule has 1 aliphatic carbocycles. The summed E-state index contributed by atoms with van der Waals surface area (Å²) < 4.78 is 3.35. The number of rotatable bonds is 5. The first-order valence-electron chi connectivity index (χ1n) is 13.1. The fraction of sp³-hybridized carbons (Fsp3) is 0.483. The quantitative estimate of drug-likeness (QED) is 0.216. The summed E-state index contributed by atoms with van der Waals surface area (Å²) in [6, 6.07) is 10.9. The largest absolute Gasteiger partial charge is 0.366 e. The Kier molecular flexibility index (Phi) is 8.30. The van der Waals surface area contributed by atoms with E-state index < -0.39 is 5.79 Å². The van der Waals surface area contributed by atoms with E-state index in [1.807, 2.05) is 18.3 Å². The SMILES string of the molecule is CC(C)(C)Nc1ccc2cc(Br)c(CCC3CCC(n4ccc5c(=O)[nH]cnc54)C3)cc2n1.CC(C)(O)O. The Morgan fingerprint density at radius 2 is 1.87 bits per heavy atom. The third kappa shape index (κ3) is 7.42. The molecule has 0 spiro atoms. The molecule has 204 valence electrons. The molecular formula is C29H38BrN5O3. The fourth-order valence-corrected chi connectivity index (χ4v) is 5.59. The van der Waals surface area contributed by atoms with Crippen LogP contribution in [0, 0.1) is 5.92 Å². The predicted octanol–water partition coefficient (Wildman–Crippen LogP) is 5.93. The molecule has 3 aromatic heterocycles. The number of fused-ring (bicyclic) bond motifs is 2. The summed E-state index contributed by atoms with van der Waals surface area (Å²) in [6.07, 6.45) is 9.16. The van der Waals surface area contributed by atoms with Gasteiger partial charge in [0, 0.05) is 27.6 Å². The summed E-state index contributed by atoms with van der Waals surface area (Å²) >= 11 is 3.78. The molecule has 1 aliphatic rings. The summed E-state index contributed by atoms with van der Waals surface area (Å²) in [5.74, 6) is 0.0761. The van der Waals surface area contributed by atoms with Crippen LogP contribution in [-0.2, 0) is 6.42 Å². The number of aryl methyl sites for hydroxylation is 1. The normalized spacial score (nSPS) is 18.0. The van der Waals surface area contributed by atoms with Gasteiger partial charge in [-0.25, -0.2) is 9.97 Å². The van der Waals surface area contributed by atoms with Crippen LogP contribution in [0.4, 0.5) is 5.82 Å². The van der Waals surface area contributed by atoms with Crippen LogP contribution in [0.3, 0.4) is 0 Å². The van der Waals surface area contributed by atoms with E-state index in [9.17, 15) is 4.79 Å². The van der Waals surface area contributed by atoms with Crippen LogP contribution < -0.4 is 10.9 Å². The summed E-state index contributed by atoms with van der Waals surface area (Å²) in [5.41, 5.74) is 3.05. The van der Waals surface area contributed by atoms with Gasteiger partial charge in [0.1, 0.15) is 11.5 Å². The van der Waals surface area contributed by atoms with Gasteiger partial charge in [0.05, 0.1) is 17.2 Å². The molecule has 4 aromatic rings. The highest BCUT2D eigenvalue weighted by atomic mass is 79.9. The van der Waals surface area contributed by atoms with Gasteiger partial charge < -0.3 is 25.1 Å². The van der Waals surface area contributed by atoms with Gasteiger partial charge in [0.2, 0.25) is 0 Å². The summed E-state index contributed by atoms with van der Waals surface area (Å²) in [5, 5.41) is 21.4. The molecule has 38 heavy (non-hydrogen) atoms. The first kappa shape index (κ1) is 28.3. The molecule has 5 rings (SSSR count). The van der Waals surface area contributed by atoms with Gasteiger partial charge in [-0.1, -0.05) is 15.9 Å². The molecular weight excluding hydrogens is 546 g/mol. The lowest BCUT2D eigenvalue weighted by molar-refractivity contribution is -0.127. The maximum absolute atomic E-state index is 12.0. The summed E-state index contributed by atoms with van der Waals surface area (Å²) in [7, 11) is 0. The van der Waals surface area contributed by atoms with Crippen molar-refractivity contribution >= 4 is 43.7 Å². The Bertz CT molecular complexity index is 1460. The molecule has 0 amide bonds. The van der Waals surface area contributed by atoms with Crippen molar-refractivity contribution in [2.24, 2.45) is 5.92 Å². The number of halogens is 1. The maximum atomic E-state index is 12.0. The molecule has 0 radical (unpaired) electrons. The number of H-pyrrole nitrogens is 1. The molecule has 8 nitrogen and oxygen atoms in total. The zero-order chi connectivity index (χ0) is 27.7. The topological polar surface area (TPSA) is 116 Å². The van der Waals surface area contributed by atoms with Crippen LogP contribution in [0.25, 0.3) is 21.9 Å². The minimum absolute atomic E-state index is 0.0219. The van der Waals surface area contributed by atoms with Crippen molar-refractivity contribution in [2.45, 2.75) is 84.1 Å². The standard InChI is InChI=1S/C26H30BrN5O.C3H8O2/c1-26(2,3)31-23-9-7-18-13-21(27)17(14-22(18)30-23)6-4-16-5-8-19(12-16)32-11-10-20-24(32)28-15-29-25(20)33;1-3(2,4)5/h7,9-11,13-16,19H,4-6,8,12H2,1-3H3,(H,30,31)(H,28,29,33);4-5H,1-2H3. The van der Waals surface area contributed by atoms with Gasteiger partial charge >= 0.3 is 0 Å². The highest BCUT2D eigenvalue weighted by Gasteiger charge is 2.27. The van der Waals surface area contributed by atoms with Gasteiger partial charge in [-0.05, 0) is 109 Å². The van der Waals surface area contributed by atoms with E-state index in [0.717, 1.165) is 52.5 Å². The van der Waals surface area contributed by atoms with Crippen LogP contribution in [0.1, 0.15) is 71.9 Å². The van der Waals surface area contributed by atoms with Gasteiger partial charge in [0.25, 0.3) is 5.56 Å². The smallest absolute Gasteiger partial charge is 0.260 e. The van der Waals surface area contributed by atoms with E-state index in [1.54, 1.807) is 0 Å². The maximum Gasteiger partial charge on any atom is 0.260 e. The number of benzene rings is 1. The molecule has 4 N–H and O–H groups in total. The Balaban J connectivity index is 0.000000617. The van der Waals surface area contributed by atoms with Crippen LogP contribution >= 0.6 is 15.9 Å². The zero-order valence-corrected chi connectivity index (χ0v) is 24.3. The van der Waals surface area contributed by atoms with Crippen molar-refractivity contribution in [2.75, 3.05) is 5.32 Å². The Labute approximate surface area is 231 Å². The number of nitrogens with zero attached hydrogens (tertiary/aromatic N) is 3. The molecule has 1 saturated carbocycles. The van der Waals surface area contributed by atoms with E-state index in [1.165, 1.54) is 32.2 Å². The molecule has 9 heteroatoms. The molecule has 0 bridgehead atoms. The van der Waals surface area contributed by atoms with Crippen molar-refractivity contribution in [3.05, 3.63) is 63.2 Å². The van der Waals surface area contributed by atoms with Gasteiger partial charge in [0.15, 0.2) is 5.79 Å². The number of aliphatic hydroxyl groups is 2. The summed E-state index contributed by atoms with van der Waals surface area (Å²) in [4.78, 5) is 24.0. The number of nitrogens with one attached hydrogen (secondary N) is 2. The van der Waals surface area contributed by atoms with E-state index in [-0.39, 0.29) is 11.1 Å². The number of anilines is 1. The second-order valence-electron chi connectivity index (χ2n) is 11.8. The second-order valence-corrected chi connectivity index (χ2v) is 12.6. The van der Waals surface area contributed by atoms with Gasteiger partial charge in [-0.2, -0.15) is 0 Å². The Morgan fingerprint density at radius 3 is 2.58 bits per heavy atom. The van der Waals surface area contributed by atoms with E-state index >= 15 is 0 Å². The van der Waals surface area contributed by atoms with Crippen LogP contribution in [0.5, 0.6) is 0 Å². The van der Waals surface area contributed by atoms with Crippen molar-refractivity contribution in [3.8, 4) is 0 Å². The average Bonchev–Trinajstić information content (AvgIpc) is 3.43. The van der Waals surface area contributed by atoms with Crippen LogP contribution in [0.15, 0.2) is 52.1 Å². The third-order valence-electron chi connectivity index (χ3n) is 6.60. The molecule has 0 saturated heterocycles. The summed E-state index contributed by atoms with van der Waals surface area (Å²) in [6.45, 7) is 9.03. The first-order chi connectivity index (χ1) is 17.8. The van der Waals surface area contributed by atoms with E-state index in [2.05, 4.69) is 74.8 Å². The minimum atomic E-state index is -1.50. The van der Waals surface area contributed by atoms with Gasteiger partial charge in [-0.3, -0.25) is 4.79 Å². The lowest BCUT2D eigenvalue weighted by atomic mass is 9.97. The average molecular weight is 585 g/mol. The molecule has 1 aromatic carbocycles. The highest BCUT2D eigenvalue weighted by molar-refractivity contribution is 9.10. The van der Waals surface area contributed by atoms with E-state index in [0.29, 0.717) is 17.3 Å². The van der Waals surface area contributed by atoms with Crippen molar-refractivity contribution in [3.63, 3.8) is 0 Å². The Morgan fingerprint density at radius 1 is 1.13 bits per heavy atom. The second kappa shape index (κ2) is 11.2. The fourth-order valence-electron chi connectivity index (χ4n) is 5.03. The lowest BCUT2D eigenvalue weighted by Crippen LogP contribution is -2.26. The molecule has 1 fully saturated rings. The minimum Gasteiger partial charge on any atom is -0.366 e. The number of hydrogen-bond acceptors (Lipinski definition) is 6. The third-order valence-corrected chi connectivity index (χ3v) is 7.34. The number of hydrogen-bond donors (Lipinski definition) is 4. The molecule has 2 unspecified atom stereocenters. The first-order valence-corrected chi connectivity index (χ1v) is 13.9. The zero-order valence-electron chi connectivity index (χ0n) is 22.8. The monoisotopic (exact) mass is 583 g/mol. The molecule has 3 heterocycles. The van der Waals surface area contributed by atoms with Crippen LogP contribution in [0.2, 0.25) is 0 Å². The van der Waals surface area contributed by atoms with E-state index in [4.69, 9.17) is 15.2 Å². The lowest BCUT2D eigenvalue weighted by Gasteiger charge is -2.21.